The fourth-order valence-corrected chi connectivity index (χ4v) is 2.52. The molecule has 0 aliphatic rings. The van der Waals surface area contributed by atoms with Gasteiger partial charge in [-0.15, -0.1) is 0 Å². The Hall–Kier alpha value is -1.53. The van der Waals surface area contributed by atoms with E-state index >= 15 is 0 Å². The molecule has 20 heavy (non-hydrogen) atoms. The molecular weight excluding hydrogens is 246 g/mol. The Morgan fingerprint density at radius 1 is 1.25 bits per heavy atom. The SMILES string of the molecule is CCC(CC)CN(CC)c1ccc(CNC)cc1C#N. The van der Waals surface area contributed by atoms with Crippen molar-refractivity contribution in [2.75, 3.05) is 25.0 Å². The minimum atomic E-state index is 0.693. The first-order valence-corrected chi connectivity index (χ1v) is 7.62. The summed E-state index contributed by atoms with van der Waals surface area (Å²) < 4.78 is 0. The molecule has 1 aromatic carbocycles. The van der Waals surface area contributed by atoms with Gasteiger partial charge in [-0.3, -0.25) is 0 Å². The van der Waals surface area contributed by atoms with E-state index < -0.39 is 0 Å². The predicted octanol–water partition coefficient (Wildman–Crippen LogP) is 3.54. The number of nitriles is 1. The molecule has 0 aromatic heterocycles. The fourth-order valence-electron chi connectivity index (χ4n) is 2.52. The normalized spacial score (nSPS) is 10.6. The zero-order valence-corrected chi connectivity index (χ0v) is 13.2. The molecule has 0 heterocycles. The van der Waals surface area contributed by atoms with Gasteiger partial charge in [-0.2, -0.15) is 5.26 Å². The van der Waals surface area contributed by atoms with E-state index in [0.717, 1.165) is 36.4 Å². The Morgan fingerprint density at radius 3 is 2.45 bits per heavy atom. The summed E-state index contributed by atoms with van der Waals surface area (Å²) >= 11 is 0. The van der Waals surface area contributed by atoms with Gasteiger partial charge in [0.1, 0.15) is 6.07 Å². The van der Waals surface area contributed by atoms with E-state index in [-0.39, 0.29) is 0 Å². The summed E-state index contributed by atoms with van der Waals surface area (Å²) in [7, 11) is 1.92. The summed E-state index contributed by atoms with van der Waals surface area (Å²) in [5.74, 6) is 0.693. The van der Waals surface area contributed by atoms with Crippen LogP contribution in [0.2, 0.25) is 0 Å². The van der Waals surface area contributed by atoms with Gasteiger partial charge in [-0.25, -0.2) is 0 Å². The standard InChI is InChI=1S/C17H27N3/c1-5-14(6-2)13-20(7-3)17-9-8-15(12-19-4)10-16(17)11-18/h8-10,14,19H,5-7,12-13H2,1-4H3. The van der Waals surface area contributed by atoms with Crippen LogP contribution in [0.5, 0.6) is 0 Å². The first kappa shape index (κ1) is 16.5. The fraction of sp³-hybridized carbons (Fsp3) is 0.588. The van der Waals surface area contributed by atoms with Crippen LogP contribution in [0, 0.1) is 17.2 Å². The first-order chi connectivity index (χ1) is 9.69. The molecule has 0 amide bonds. The first-order valence-electron chi connectivity index (χ1n) is 7.62. The molecule has 3 nitrogen and oxygen atoms in total. The molecule has 1 rings (SSSR count). The van der Waals surface area contributed by atoms with Crippen molar-refractivity contribution in [1.82, 2.24) is 5.32 Å². The number of benzene rings is 1. The minimum absolute atomic E-state index is 0.693. The minimum Gasteiger partial charge on any atom is -0.370 e. The van der Waals surface area contributed by atoms with Crippen molar-refractivity contribution >= 4 is 5.69 Å². The van der Waals surface area contributed by atoms with Gasteiger partial charge >= 0.3 is 0 Å². The summed E-state index contributed by atoms with van der Waals surface area (Å²) in [5, 5.41) is 12.5. The van der Waals surface area contributed by atoms with Crippen molar-refractivity contribution in [2.24, 2.45) is 5.92 Å². The Labute approximate surface area is 123 Å². The van der Waals surface area contributed by atoms with Crippen molar-refractivity contribution in [2.45, 2.75) is 40.2 Å². The highest BCUT2D eigenvalue weighted by atomic mass is 15.1. The zero-order valence-electron chi connectivity index (χ0n) is 13.2. The number of hydrogen-bond acceptors (Lipinski definition) is 3. The van der Waals surface area contributed by atoms with Gasteiger partial charge in [-0.05, 0) is 37.6 Å². The predicted molar refractivity (Wildman–Crippen MR) is 85.9 cm³/mol. The maximum absolute atomic E-state index is 9.41. The molecule has 0 saturated heterocycles. The number of nitrogens with zero attached hydrogens (tertiary/aromatic N) is 2. The van der Waals surface area contributed by atoms with E-state index in [2.05, 4.69) is 49.2 Å². The Morgan fingerprint density at radius 2 is 1.95 bits per heavy atom. The molecule has 3 heteroatoms. The van der Waals surface area contributed by atoms with E-state index in [1.807, 2.05) is 13.1 Å². The van der Waals surface area contributed by atoms with Gasteiger partial charge in [0.2, 0.25) is 0 Å². The second-order valence-electron chi connectivity index (χ2n) is 5.21. The van der Waals surface area contributed by atoms with Gasteiger partial charge in [0.05, 0.1) is 11.3 Å². The zero-order chi connectivity index (χ0) is 15.0. The van der Waals surface area contributed by atoms with Gasteiger partial charge in [0.15, 0.2) is 0 Å². The smallest absolute Gasteiger partial charge is 0.101 e. The van der Waals surface area contributed by atoms with Crippen LogP contribution < -0.4 is 10.2 Å². The molecule has 0 fully saturated rings. The highest BCUT2D eigenvalue weighted by molar-refractivity contribution is 5.60. The molecule has 1 aromatic rings. The monoisotopic (exact) mass is 273 g/mol. The molecular formula is C17H27N3. The molecule has 0 spiro atoms. The molecule has 0 radical (unpaired) electrons. The maximum Gasteiger partial charge on any atom is 0.101 e. The number of anilines is 1. The largest absolute Gasteiger partial charge is 0.370 e. The highest BCUT2D eigenvalue weighted by Gasteiger charge is 2.14. The third-order valence-corrected chi connectivity index (χ3v) is 3.92. The summed E-state index contributed by atoms with van der Waals surface area (Å²) in [4.78, 5) is 2.33. The van der Waals surface area contributed by atoms with E-state index in [1.165, 1.54) is 12.8 Å². The third kappa shape index (κ3) is 4.25. The summed E-state index contributed by atoms with van der Waals surface area (Å²) in [6.07, 6.45) is 2.37. The van der Waals surface area contributed by atoms with Crippen molar-refractivity contribution in [1.29, 1.82) is 5.26 Å². The lowest BCUT2D eigenvalue weighted by Gasteiger charge is -2.28. The number of rotatable bonds is 8. The van der Waals surface area contributed by atoms with E-state index in [9.17, 15) is 5.26 Å². The van der Waals surface area contributed by atoms with Crippen LogP contribution in [-0.2, 0) is 6.54 Å². The van der Waals surface area contributed by atoms with Gasteiger partial charge in [-0.1, -0.05) is 32.8 Å². The molecule has 0 aliphatic heterocycles. The average molecular weight is 273 g/mol. The van der Waals surface area contributed by atoms with Crippen LogP contribution in [0.4, 0.5) is 5.69 Å². The Balaban J connectivity index is 3.00. The van der Waals surface area contributed by atoms with Crippen molar-refractivity contribution < 1.29 is 0 Å². The quantitative estimate of drug-likeness (QED) is 0.787. The van der Waals surface area contributed by atoms with Gasteiger partial charge in [0.25, 0.3) is 0 Å². The molecule has 0 atom stereocenters. The second-order valence-corrected chi connectivity index (χ2v) is 5.21. The maximum atomic E-state index is 9.41. The molecule has 1 N–H and O–H groups in total. The van der Waals surface area contributed by atoms with Crippen LogP contribution in [0.1, 0.15) is 44.7 Å². The highest BCUT2D eigenvalue weighted by Crippen LogP contribution is 2.23. The van der Waals surface area contributed by atoms with Crippen LogP contribution in [0.25, 0.3) is 0 Å². The molecule has 0 bridgehead atoms. The topological polar surface area (TPSA) is 39.1 Å². The van der Waals surface area contributed by atoms with Crippen LogP contribution in [-0.4, -0.2) is 20.1 Å². The van der Waals surface area contributed by atoms with Crippen molar-refractivity contribution in [3.63, 3.8) is 0 Å². The lowest BCUT2D eigenvalue weighted by Crippen LogP contribution is -2.29. The second kappa shape index (κ2) is 8.60. The molecule has 110 valence electrons. The lowest BCUT2D eigenvalue weighted by molar-refractivity contribution is 0.486. The average Bonchev–Trinajstić information content (AvgIpc) is 2.49. The van der Waals surface area contributed by atoms with Crippen LogP contribution in [0.15, 0.2) is 18.2 Å². The van der Waals surface area contributed by atoms with E-state index in [4.69, 9.17) is 0 Å². The van der Waals surface area contributed by atoms with Crippen LogP contribution >= 0.6 is 0 Å². The molecule has 0 unspecified atom stereocenters. The Bertz CT molecular complexity index is 444. The van der Waals surface area contributed by atoms with Crippen molar-refractivity contribution in [3.8, 4) is 6.07 Å². The molecule has 0 aliphatic carbocycles. The van der Waals surface area contributed by atoms with E-state index in [0.29, 0.717) is 5.92 Å². The van der Waals surface area contributed by atoms with E-state index in [1.54, 1.807) is 0 Å². The lowest BCUT2D eigenvalue weighted by atomic mass is 10.0. The molecule has 0 saturated carbocycles. The number of nitrogens with one attached hydrogen (secondary N) is 1. The third-order valence-electron chi connectivity index (χ3n) is 3.92. The summed E-state index contributed by atoms with van der Waals surface area (Å²) in [5.41, 5.74) is 3.01. The van der Waals surface area contributed by atoms with Crippen LogP contribution in [0.3, 0.4) is 0 Å². The summed E-state index contributed by atoms with van der Waals surface area (Å²) in [6.45, 7) is 9.41. The number of hydrogen-bond donors (Lipinski definition) is 1. The van der Waals surface area contributed by atoms with Gasteiger partial charge < -0.3 is 10.2 Å². The van der Waals surface area contributed by atoms with Gasteiger partial charge in [0, 0.05) is 19.6 Å². The summed E-state index contributed by atoms with van der Waals surface area (Å²) in [6, 6.07) is 8.56. The Kier molecular flexibility index (Phi) is 7.11. The van der Waals surface area contributed by atoms with Crippen molar-refractivity contribution in [3.05, 3.63) is 29.3 Å².